The molecule has 1 saturated carbocycles. The molecular weight excluding hydrogens is 323 g/mol. The van der Waals surface area contributed by atoms with Crippen molar-refractivity contribution in [2.45, 2.75) is 79.3 Å². The third-order valence-electron chi connectivity index (χ3n) is 5.21. The molecule has 0 N–H and O–H groups in total. The van der Waals surface area contributed by atoms with Crippen LogP contribution in [0.15, 0.2) is 30.3 Å². The van der Waals surface area contributed by atoms with Gasteiger partial charge in [-0.15, -0.1) is 0 Å². The van der Waals surface area contributed by atoms with Crippen molar-refractivity contribution < 1.29 is 0 Å². The molecule has 2 atom stereocenters. The summed E-state index contributed by atoms with van der Waals surface area (Å²) in [4.78, 5) is 0. The predicted molar refractivity (Wildman–Crippen MR) is 111 cm³/mol. The van der Waals surface area contributed by atoms with Gasteiger partial charge in [-0.25, -0.2) is 0 Å². The topological polar surface area (TPSA) is 6.48 Å². The Morgan fingerprint density at radius 1 is 0.800 bits per heavy atom. The normalized spacial score (nSPS) is 26.8. The van der Waals surface area contributed by atoms with Crippen molar-refractivity contribution in [2.75, 3.05) is 13.1 Å². The number of fused-ring (bicyclic) bond motifs is 1. The molecule has 0 amide bonds. The summed E-state index contributed by atoms with van der Waals surface area (Å²) in [6.07, 6.45) is 5.58. The third-order valence-corrected chi connectivity index (χ3v) is 7.82. The SMILES string of the molecule is CC(C)(C)CN1[C@@H]2CCCC[C@H]2N(CC(C)(C)C)P1c1ccccc1. The summed E-state index contributed by atoms with van der Waals surface area (Å²) in [6.45, 7) is 16.8. The van der Waals surface area contributed by atoms with E-state index < -0.39 is 0 Å². The largest absolute Gasteiger partial charge is 0.261 e. The van der Waals surface area contributed by atoms with E-state index in [-0.39, 0.29) is 8.22 Å². The molecule has 1 aromatic carbocycles. The smallest absolute Gasteiger partial charge is 0.0731 e. The van der Waals surface area contributed by atoms with Crippen LogP contribution in [0.5, 0.6) is 0 Å². The fraction of sp³-hybridized carbons (Fsp3) is 0.727. The number of hydrogen-bond donors (Lipinski definition) is 0. The van der Waals surface area contributed by atoms with Crippen LogP contribution in [0.2, 0.25) is 0 Å². The Morgan fingerprint density at radius 2 is 1.24 bits per heavy atom. The zero-order chi connectivity index (χ0) is 18.2. The van der Waals surface area contributed by atoms with Gasteiger partial charge in [0.15, 0.2) is 0 Å². The van der Waals surface area contributed by atoms with Gasteiger partial charge in [0, 0.05) is 30.5 Å². The Balaban J connectivity index is 2.01. The van der Waals surface area contributed by atoms with Gasteiger partial charge in [0.05, 0.1) is 8.22 Å². The first-order valence-corrected chi connectivity index (χ1v) is 11.3. The average Bonchev–Trinajstić information content (AvgIpc) is 2.79. The predicted octanol–water partition coefficient (Wildman–Crippen LogP) is 5.64. The van der Waals surface area contributed by atoms with Crippen LogP contribution in [0.25, 0.3) is 0 Å². The standard InChI is InChI=1S/C22H37N2P/c1-21(2,3)16-23-19-14-10-11-15-20(19)24(17-22(4,5)6)25(23)18-12-8-7-9-13-18/h7-9,12-13,19-20H,10-11,14-17H2,1-6H3/t19-,20-/m1/s1. The molecule has 2 fully saturated rings. The van der Waals surface area contributed by atoms with Gasteiger partial charge in [-0.2, -0.15) is 0 Å². The summed E-state index contributed by atoms with van der Waals surface area (Å²) in [5, 5.41) is 1.54. The molecule has 1 aromatic rings. The van der Waals surface area contributed by atoms with Gasteiger partial charge >= 0.3 is 0 Å². The summed E-state index contributed by atoms with van der Waals surface area (Å²) >= 11 is 0. The quantitative estimate of drug-likeness (QED) is 0.643. The van der Waals surface area contributed by atoms with E-state index in [0.717, 1.165) is 12.1 Å². The summed E-state index contributed by atoms with van der Waals surface area (Å²) in [7, 11) is -0.379. The van der Waals surface area contributed by atoms with Crippen molar-refractivity contribution in [2.24, 2.45) is 10.8 Å². The van der Waals surface area contributed by atoms with E-state index in [0.29, 0.717) is 10.8 Å². The molecule has 0 aromatic heterocycles. The highest BCUT2D eigenvalue weighted by Gasteiger charge is 2.49. The molecule has 1 aliphatic carbocycles. The molecular formula is C22H37N2P. The van der Waals surface area contributed by atoms with Crippen LogP contribution in [-0.2, 0) is 0 Å². The van der Waals surface area contributed by atoms with E-state index in [1.807, 2.05) is 0 Å². The van der Waals surface area contributed by atoms with Gasteiger partial charge in [-0.1, -0.05) is 84.7 Å². The van der Waals surface area contributed by atoms with Crippen LogP contribution in [0, 0.1) is 10.8 Å². The molecule has 0 unspecified atom stereocenters. The van der Waals surface area contributed by atoms with Gasteiger partial charge in [0.1, 0.15) is 0 Å². The molecule has 0 radical (unpaired) electrons. The van der Waals surface area contributed by atoms with E-state index >= 15 is 0 Å². The van der Waals surface area contributed by atoms with E-state index in [4.69, 9.17) is 0 Å². The summed E-state index contributed by atoms with van der Waals surface area (Å²) in [6, 6.07) is 12.9. The Hall–Kier alpha value is -0.430. The minimum atomic E-state index is -0.379. The number of hydrogen-bond acceptors (Lipinski definition) is 2. The molecule has 3 heteroatoms. The van der Waals surface area contributed by atoms with Gasteiger partial charge in [-0.05, 0) is 23.7 Å². The molecule has 2 nitrogen and oxygen atoms in total. The Morgan fingerprint density at radius 3 is 1.64 bits per heavy atom. The highest BCUT2D eigenvalue weighted by molar-refractivity contribution is 7.61. The number of nitrogens with zero attached hydrogens (tertiary/aromatic N) is 2. The minimum Gasteiger partial charge on any atom is -0.261 e. The van der Waals surface area contributed by atoms with Gasteiger partial charge in [0.25, 0.3) is 0 Å². The van der Waals surface area contributed by atoms with E-state index in [1.54, 1.807) is 5.30 Å². The lowest BCUT2D eigenvalue weighted by Gasteiger charge is -2.37. The minimum absolute atomic E-state index is 0.342. The fourth-order valence-corrected chi connectivity index (χ4v) is 7.96. The first-order valence-electron chi connectivity index (χ1n) is 10.0. The van der Waals surface area contributed by atoms with Gasteiger partial charge in [0.2, 0.25) is 0 Å². The molecule has 1 saturated heterocycles. The maximum Gasteiger partial charge on any atom is 0.0731 e. The molecule has 25 heavy (non-hydrogen) atoms. The van der Waals surface area contributed by atoms with Crippen LogP contribution in [0.4, 0.5) is 0 Å². The van der Waals surface area contributed by atoms with Crippen LogP contribution >= 0.6 is 8.22 Å². The second kappa shape index (κ2) is 7.29. The van der Waals surface area contributed by atoms with Crippen LogP contribution in [-0.4, -0.2) is 34.5 Å². The zero-order valence-electron chi connectivity index (χ0n) is 17.1. The monoisotopic (exact) mass is 360 g/mol. The van der Waals surface area contributed by atoms with Crippen LogP contribution in [0.1, 0.15) is 67.2 Å². The number of rotatable bonds is 3. The summed E-state index contributed by atoms with van der Waals surface area (Å²) in [5.41, 5.74) is 0.685. The maximum absolute atomic E-state index is 2.92. The zero-order valence-corrected chi connectivity index (χ0v) is 18.0. The van der Waals surface area contributed by atoms with E-state index in [1.165, 1.54) is 38.8 Å². The lowest BCUT2D eigenvalue weighted by molar-refractivity contribution is 0.159. The molecule has 1 heterocycles. The molecule has 0 bridgehead atoms. The Kier molecular flexibility index (Phi) is 5.64. The van der Waals surface area contributed by atoms with Crippen molar-refractivity contribution >= 4 is 13.5 Å². The van der Waals surface area contributed by atoms with Crippen molar-refractivity contribution in [1.29, 1.82) is 0 Å². The lowest BCUT2D eigenvalue weighted by Crippen LogP contribution is -2.43. The van der Waals surface area contributed by atoms with Crippen molar-refractivity contribution in [1.82, 2.24) is 9.34 Å². The molecule has 0 spiro atoms. The van der Waals surface area contributed by atoms with Crippen molar-refractivity contribution in [3.05, 3.63) is 30.3 Å². The first kappa shape index (κ1) is 19.3. The first-order chi connectivity index (χ1) is 11.7. The van der Waals surface area contributed by atoms with Gasteiger partial charge < -0.3 is 0 Å². The average molecular weight is 361 g/mol. The van der Waals surface area contributed by atoms with E-state index in [2.05, 4.69) is 81.2 Å². The highest BCUT2D eigenvalue weighted by Crippen LogP contribution is 2.58. The summed E-state index contributed by atoms with van der Waals surface area (Å²) in [5.74, 6) is 0. The fourth-order valence-electron chi connectivity index (χ4n) is 4.41. The second-order valence-electron chi connectivity index (χ2n) is 10.4. The van der Waals surface area contributed by atoms with E-state index in [9.17, 15) is 0 Å². The molecule has 2 aliphatic rings. The molecule has 1 aliphatic heterocycles. The van der Waals surface area contributed by atoms with Crippen LogP contribution < -0.4 is 5.30 Å². The lowest BCUT2D eigenvalue weighted by atomic mass is 9.87. The van der Waals surface area contributed by atoms with Gasteiger partial charge in [-0.3, -0.25) is 9.34 Å². The molecule has 3 rings (SSSR count). The van der Waals surface area contributed by atoms with Crippen LogP contribution in [0.3, 0.4) is 0 Å². The second-order valence-corrected chi connectivity index (χ2v) is 12.5. The highest BCUT2D eigenvalue weighted by atomic mass is 31.1. The third kappa shape index (κ3) is 4.65. The summed E-state index contributed by atoms with van der Waals surface area (Å²) < 4.78 is 5.83. The maximum atomic E-state index is 2.92. The Bertz CT molecular complexity index is 526. The molecule has 140 valence electrons. The number of benzene rings is 1. The Labute approximate surface area is 156 Å². The van der Waals surface area contributed by atoms with Crippen molar-refractivity contribution in [3.63, 3.8) is 0 Å². The van der Waals surface area contributed by atoms with Crippen molar-refractivity contribution in [3.8, 4) is 0 Å².